The van der Waals surface area contributed by atoms with Gasteiger partial charge in [0.2, 0.25) is 0 Å². The zero-order chi connectivity index (χ0) is 26.0. The second-order valence-electron chi connectivity index (χ2n) is 8.43. The lowest BCUT2D eigenvalue weighted by molar-refractivity contribution is -0.157. The van der Waals surface area contributed by atoms with E-state index in [2.05, 4.69) is 9.71 Å². The molecule has 1 aliphatic rings. The Hall–Kier alpha value is -3.44. The number of halogens is 2. The fourth-order valence-corrected chi connectivity index (χ4v) is 4.00. The third-order valence-electron chi connectivity index (χ3n) is 4.51. The molecule has 186 valence electrons. The molecular formula is C23H23ClFN3O6S. The number of nitrogens with zero attached hydrogens (tertiary/aromatic N) is 2. The van der Waals surface area contributed by atoms with E-state index in [9.17, 15) is 22.4 Å². The molecule has 0 radical (unpaired) electrons. The number of likely N-dealkylation sites (N-methyl/N-ethyl adjacent to an activating group) is 1. The molecule has 1 N–H and O–H groups in total. The first-order chi connectivity index (χ1) is 16.2. The van der Waals surface area contributed by atoms with Gasteiger partial charge >= 0.3 is 16.2 Å². The van der Waals surface area contributed by atoms with Gasteiger partial charge in [0.25, 0.3) is 5.91 Å². The number of hydrogen-bond donors (Lipinski definition) is 1. The Morgan fingerprint density at radius 3 is 2.40 bits per heavy atom. The van der Waals surface area contributed by atoms with Gasteiger partial charge in [0.15, 0.2) is 6.61 Å². The van der Waals surface area contributed by atoms with Gasteiger partial charge in [-0.1, -0.05) is 11.6 Å². The van der Waals surface area contributed by atoms with E-state index in [0.717, 1.165) is 10.4 Å². The van der Waals surface area contributed by atoms with Gasteiger partial charge in [0.1, 0.15) is 22.9 Å². The van der Waals surface area contributed by atoms with Gasteiger partial charge < -0.3 is 14.8 Å². The summed E-state index contributed by atoms with van der Waals surface area (Å²) in [6.45, 7) is 4.93. The van der Waals surface area contributed by atoms with E-state index in [4.69, 9.17) is 21.1 Å². The van der Waals surface area contributed by atoms with Crippen molar-refractivity contribution < 1.29 is 31.9 Å². The number of anilines is 1. The van der Waals surface area contributed by atoms with Crippen LogP contribution < -0.4 is 10.1 Å². The summed E-state index contributed by atoms with van der Waals surface area (Å²) in [6, 6.07) is 9.71. The van der Waals surface area contributed by atoms with E-state index in [1.54, 1.807) is 20.8 Å². The van der Waals surface area contributed by atoms with Crippen LogP contribution in [0.1, 0.15) is 26.3 Å². The van der Waals surface area contributed by atoms with Crippen molar-refractivity contribution in [3.05, 3.63) is 70.6 Å². The predicted octanol–water partition coefficient (Wildman–Crippen LogP) is 3.70. The van der Waals surface area contributed by atoms with Crippen molar-refractivity contribution in [1.82, 2.24) is 4.31 Å². The molecule has 12 heteroatoms. The summed E-state index contributed by atoms with van der Waals surface area (Å²) >= 11 is 5.74. The number of carbonyl (C=O) groups is 2. The van der Waals surface area contributed by atoms with Gasteiger partial charge in [-0.15, -0.1) is 4.40 Å². The smallest absolute Gasteiger partial charge is 0.345 e. The highest BCUT2D eigenvalue weighted by Crippen LogP contribution is 2.24. The third kappa shape index (κ3) is 6.80. The second-order valence-corrected chi connectivity index (χ2v) is 10.5. The zero-order valence-corrected chi connectivity index (χ0v) is 20.9. The summed E-state index contributed by atoms with van der Waals surface area (Å²) in [5.41, 5.74) is -0.253. The molecule has 9 nitrogen and oxygen atoms in total. The number of allylic oxidation sites excluding steroid dienone is 1. The van der Waals surface area contributed by atoms with Crippen molar-refractivity contribution in [1.29, 1.82) is 0 Å². The maximum absolute atomic E-state index is 13.4. The Bertz CT molecular complexity index is 1320. The minimum atomic E-state index is -4.20. The van der Waals surface area contributed by atoms with Crippen LogP contribution in [0.3, 0.4) is 0 Å². The van der Waals surface area contributed by atoms with Crippen LogP contribution in [0.4, 0.5) is 10.1 Å². The summed E-state index contributed by atoms with van der Waals surface area (Å²) in [4.78, 5) is 24.6. The number of nitrogens with one attached hydrogen (secondary N) is 1. The second kappa shape index (κ2) is 10.0. The quantitative estimate of drug-likeness (QED) is 0.577. The molecule has 0 aliphatic carbocycles. The fraction of sp³-hybridized carbons (Fsp3) is 0.261. The molecule has 0 saturated heterocycles. The van der Waals surface area contributed by atoms with E-state index < -0.39 is 33.5 Å². The van der Waals surface area contributed by atoms with E-state index in [-0.39, 0.29) is 28.7 Å². The fourth-order valence-electron chi connectivity index (χ4n) is 2.91. The Kier molecular flexibility index (Phi) is 7.51. The number of carbonyl (C=O) groups excluding carboxylic acids is 2. The first-order valence-corrected chi connectivity index (χ1v) is 12.0. The van der Waals surface area contributed by atoms with Crippen LogP contribution in [0, 0.1) is 5.82 Å². The molecule has 2 aromatic carbocycles. The largest absolute Gasteiger partial charge is 0.482 e. The first-order valence-electron chi connectivity index (χ1n) is 10.3. The highest BCUT2D eigenvalue weighted by Gasteiger charge is 2.30. The molecule has 0 bridgehead atoms. The van der Waals surface area contributed by atoms with Crippen LogP contribution in [0.2, 0.25) is 5.02 Å². The summed E-state index contributed by atoms with van der Waals surface area (Å²) < 4.78 is 53.6. The third-order valence-corrected chi connectivity index (χ3v) is 6.12. The highest BCUT2D eigenvalue weighted by atomic mass is 35.5. The molecule has 0 atom stereocenters. The lowest BCUT2D eigenvalue weighted by atomic mass is 10.1. The van der Waals surface area contributed by atoms with Crippen LogP contribution in [-0.2, 0) is 24.5 Å². The molecule has 0 spiro atoms. The molecule has 0 saturated carbocycles. The zero-order valence-electron chi connectivity index (χ0n) is 19.3. The van der Waals surface area contributed by atoms with Gasteiger partial charge in [0.05, 0.1) is 10.7 Å². The van der Waals surface area contributed by atoms with Crippen LogP contribution in [0.25, 0.3) is 0 Å². The number of benzene rings is 2. The van der Waals surface area contributed by atoms with E-state index >= 15 is 0 Å². The standard InChI is InChI=1S/C23H23ClFN3O6S/c1-23(2,3)34-21(29)13-33-16-8-5-14(6-9-16)19-12-20(28(4)35(31,32)27-19)22(30)26-15-7-10-18(25)17(24)11-15/h5-12H,13H2,1-4H3,(H,26,30). The van der Waals surface area contributed by atoms with E-state index in [0.29, 0.717) is 11.3 Å². The normalized spacial score (nSPS) is 15.1. The maximum atomic E-state index is 13.4. The number of esters is 1. The predicted molar refractivity (Wildman–Crippen MR) is 129 cm³/mol. The number of hydrogen-bond acceptors (Lipinski definition) is 6. The minimum Gasteiger partial charge on any atom is -0.482 e. The summed E-state index contributed by atoms with van der Waals surface area (Å²) in [6.07, 6.45) is 1.30. The van der Waals surface area contributed by atoms with Gasteiger partial charge in [-0.3, -0.25) is 4.79 Å². The average Bonchev–Trinajstić information content (AvgIpc) is 2.75. The Morgan fingerprint density at radius 2 is 1.80 bits per heavy atom. The van der Waals surface area contributed by atoms with E-state index in [1.807, 2.05) is 0 Å². The molecule has 35 heavy (non-hydrogen) atoms. The van der Waals surface area contributed by atoms with Crippen molar-refractivity contribution >= 4 is 45.1 Å². The Labute approximate surface area is 207 Å². The summed E-state index contributed by atoms with van der Waals surface area (Å²) in [5.74, 6) is -1.60. The lowest BCUT2D eigenvalue weighted by Gasteiger charge is -2.23. The van der Waals surface area contributed by atoms with Crippen LogP contribution in [0.15, 0.2) is 58.6 Å². The molecule has 1 aliphatic heterocycles. The van der Waals surface area contributed by atoms with Crippen LogP contribution >= 0.6 is 11.6 Å². The lowest BCUT2D eigenvalue weighted by Crippen LogP contribution is -2.35. The molecule has 2 aromatic rings. The Morgan fingerprint density at radius 1 is 1.14 bits per heavy atom. The van der Waals surface area contributed by atoms with Gasteiger partial charge in [-0.2, -0.15) is 8.42 Å². The first kappa shape index (κ1) is 26.2. The van der Waals surface area contributed by atoms with Gasteiger partial charge in [0, 0.05) is 18.3 Å². The molecule has 3 rings (SSSR count). The van der Waals surface area contributed by atoms with Crippen LogP contribution in [-0.4, -0.2) is 49.6 Å². The van der Waals surface area contributed by atoms with Crippen molar-refractivity contribution in [2.24, 2.45) is 4.40 Å². The summed E-state index contributed by atoms with van der Waals surface area (Å²) in [5, 5.41) is 2.29. The van der Waals surface area contributed by atoms with Crippen LogP contribution in [0.5, 0.6) is 5.75 Å². The average molecular weight is 524 g/mol. The number of ether oxygens (including phenoxy) is 2. The molecular weight excluding hydrogens is 501 g/mol. The SMILES string of the molecule is CN1C(C(=O)Nc2ccc(F)c(Cl)c2)=CC(c2ccc(OCC(=O)OC(C)(C)C)cc2)=NS1(=O)=O. The van der Waals surface area contributed by atoms with E-state index in [1.165, 1.54) is 49.5 Å². The van der Waals surface area contributed by atoms with Gasteiger partial charge in [-0.25, -0.2) is 13.5 Å². The monoisotopic (exact) mass is 523 g/mol. The minimum absolute atomic E-state index is 0.0177. The number of amides is 1. The maximum Gasteiger partial charge on any atom is 0.345 e. The molecule has 1 heterocycles. The van der Waals surface area contributed by atoms with Crippen molar-refractivity contribution in [3.63, 3.8) is 0 Å². The summed E-state index contributed by atoms with van der Waals surface area (Å²) in [7, 11) is -3.01. The molecule has 0 unspecified atom stereocenters. The molecule has 0 aromatic heterocycles. The van der Waals surface area contributed by atoms with Crippen molar-refractivity contribution in [3.8, 4) is 5.75 Å². The molecule has 0 fully saturated rings. The van der Waals surface area contributed by atoms with Crippen molar-refractivity contribution in [2.45, 2.75) is 26.4 Å². The Balaban J connectivity index is 1.78. The molecule has 1 amide bonds. The topological polar surface area (TPSA) is 114 Å². The van der Waals surface area contributed by atoms with Crippen molar-refractivity contribution in [2.75, 3.05) is 19.0 Å². The number of rotatable bonds is 6. The highest BCUT2D eigenvalue weighted by molar-refractivity contribution is 7.88. The van der Waals surface area contributed by atoms with Gasteiger partial charge in [-0.05, 0) is 69.3 Å².